The van der Waals surface area contributed by atoms with Crippen LogP contribution in [-0.4, -0.2) is 66.5 Å². The molecule has 3 unspecified atom stereocenters. The fourth-order valence-corrected chi connectivity index (χ4v) is 3.20. The first-order valence-corrected chi connectivity index (χ1v) is 11.5. The summed E-state index contributed by atoms with van der Waals surface area (Å²) in [7, 11) is 0. The highest BCUT2D eigenvalue weighted by Gasteiger charge is 2.35. The van der Waals surface area contributed by atoms with Crippen LogP contribution >= 0.6 is 0 Å². The molecule has 0 bridgehead atoms. The lowest BCUT2D eigenvalue weighted by atomic mass is 9.89. The maximum absolute atomic E-state index is 12.8. The van der Waals surface area contributed by atoms with Crippen molar-refractivity contribution in [2.24, 2.45) is 22.4 Å². The molecular weight excluding hydrogens is 460 g/mol. The topological polar surface area (TPSA) is 180 Å². The van der Waals surface area contributed by atoms with Gasteiger partial charge in [0, 0.05) is 37.3 Å². The number of rotatable bonds is 14. The summed E-state index contributed by atoms with van der Waals surface area (Å²) in [4.78, 5) is 68.4. The average molecular weight is 497 g/mol. The Bertz CT molecular complexity index is 837. The van der Waals surface area contributed by atoms with E-state index in [0.717, 1.165) is 0 Å². The zero-order valence-corrected chi connectivity index (χ0v) is 21.2. The number of nitrogens with one attached hydrogen (secondary N) is 2. The molecule has 1 saturated heterocycles. The molecule has 0 saturated carbocycles. The van der Waals surface area contributed by atoms with Crippen molar-refractivity contribution < 1.29 is 33.5 Å². The zero-order chi connectivity index (χ0) is 26.8. The highest BCUT2D eigenvalue weighted by atomic mass is 16.7. The fourth-order valence-electron chi connectivity index (χ4n) is 3.20. The van der Waals surface area contributed by atoms with Crippen molar-refractivity contribution in [3.8, 4) is 0 Å². The summed E-state index contributed by atoms with van der Waals surface area (Å²) in [5.74, 6) is -3.42. The van der Waals surface area contributed by atoms with Gasteiger partial charge >= 0.3 is 5.97 Å². The van der Waals surface area contributed by atoms with Gasteiger partial charge in [0.05, 0.1) is 6.61 Å². The van der Waals surface area contributed by atoms with Gasteiger partial charge in [0.2, 0.25) is 11.8 Å². The van der Waals surface area contributed by atoms with Gasteiger partial charge in [0.1, 0.15) is 12.1 Å². The molecule has 0 aromatic rings. The van der Waals surface area contributed by atoms with Gasteiger partial charge in [-0.2, -0.15) is 0 Å². The standard InChI is InChI=1S/C22H36N6O7/c1-13(2)19(20(32)25-15(4)21(33)35-28-17(30)7-8-18(28)31)26-16(29)9-22(5,6)12-34-11-14(3)10-24-27-23/h13-15,19H,7-12H2,1-6H3,(H,25,32)(H,26,29). The molecule has 2 N–H and O–H groups in total. The van der Waals surface area contributed by atoms with Gasteiger partial charge in [-0.05, 0) is 29.7 Å². The van der Waals surface area contributed by atoms with Gasteiger partial charge in [-0.25, -0.2) is 4.79 Å². The van der Waals surface area contributed by atoms with Crippen LogP contribution in [0.15, 0.2) is 5.11 Å². The summed E-state index contributed by atoms with van der Waals surface area (Å²) < 4.78 is 5.66. The molecule has 1 fully saturated rings. The van der Waals surface area contributed by atoms with E-state index in [-0.39, 0.29) is 43.6 Å². The van der Waals surface area contributed by atoms with E-state index in [1.165, 1.54) is 6.92 Å². The maximum Gasteiger partial charge on any atom is 0.354 e. The Labute approximate surface area is 204 Å². The van der Waals surface area contributed by atoms with E-state index in [0.29, 0.717) is 18.2 Å². The molecule has 0 aromatic heterocycles. The van der Waals surface area contributed by atoms with Gasteiger partial charge < -0.3 is 20.2 Å². The van der Waals surface area contributed by atoms with Crippen LogP contribution in [0.3, 0.4) is 0 Å². The van der Waals surface area contributed by atoms with Gasteiger partial charge in [-0.3, -0.25) is 19.2 Å². The van der Waals surface area contributed by atoms with E-state index < -0.39 is 41.2 Å². The number of hydroxylamine groups is 2. The molecule has 196 valence electrons. The summed E-state index contributed by atoms with van der Waals surface area (Å²) >= 11 is 0. The predicted octanol–water partition coefficient (Wildman–Crippen LogP) is 1.62. The quantitative estimate of drug-likeness (QED) is 0.159. The number of azide groups is 1. The molecule has 3 atom stereocenters. The number of carbonyl (C=O) groups excluding carboxylic acids is 5. The summed E-state index contributed by atoms with van der Waals surface area (Å²) in [6.07, 6.45) is 0.0138. The Morgan fingerprint density at radius 1 is 1.11 bits per heavy atom. The zero-order valence-electron chi connectivity index (χ0n) is 21.2. The molecule has 4 amide bonds. The molecular formula is C22H36N6O7. The normalized spacial score (nSPS) is 16.4. The van der Waals surface area contributed by atoms with Gasteiger partial charge in [-0.15, -0.1) is 5.06 Å². The Morgan fingerprint density at radius 3 is 2.26 bits per heavy atom. The van der Waals surface area contributed by atoms with Gasteiger partial charge in [-0.1, -0.05) is 39.7 Å². The summed E-state index contributed by atoms with van der Waals surface area (Å²) in [5.41, 5.74) is 7.84. The first kappa shape index (κ1) is 29.9. The molecule has 35 heavy (non-hydrogen) atoms. The van der Waals surface area contributed by atoms with Crippen molar-refractivity contribution >= 4 is 29.6 Å². The summed E-state index contributed by atoms with van der Waals surface area (Å²) in [6.45, 7) is 11.4. The Kier molecular flexibility index (Phi) is 11.6. The highest BCUT2D eigenvalue weighted by molar-refractivity contribution is 6.02. The lowest BCUT2D eigenvalue weighted by molar-refractivity contribution is -0.198. The molecule has 0 radical (unpaired) electrons. The van der Waals surface area contributed by atoms with Crippen molar-refractivity contribution in [3.63, 3.8) is 0 Å². The minimum absolute atomic E-state index is 0.0372. The van der Waals surface area contributed by atoms with Crippen LogP contribution < -0.4 is 10.6 Å². The van der Waals surface area contributed by atoms with Crippen molar-refractivity contribution in [2.45, 2.75) is 72.9 Å². The lowest BCUT2D eigenvalue weighted by Crippen LogP contribution is -2.54. The van der Waals surface area contributed by atoms with Crippen LogP contribution in [0.25, 0.3) is 10.4 Å². The van der Waals surface area contributed by atoms with Crippen molar-refractivity contribution in [2.75, 3.05) is 19.8 Å². The molecule has 1 aliphatic heterocycles. The number of ether oxygens (including phenoxy) is 1. The molecule has 13 nitrogen and oxygen atoms in total. The summed E-state index contributed by atoms with van der Waals surface area (Å²) in [6, 6.07) is -2.08. The average Bonchev–Trinajstić information content (AvgIpc) is 3.07. The summed E-state index contributed by atoms with van der Waals surface area (Å²) in [5, 5.41) is 9.07. The third-order valence-corrected chi connectivity index (χ3v) is 5.16. The number of hydrogen-bond acceptors (Lipinski definition) is 8. The Hall–Kier alpha value is -3.18. The fraction of sp³-hybridized carbons (Fsp3) is 0.773. The van der Waals surface area contributed by atoms with Crippen LogP contribution in [0.4, 0.5) is 0 Å². The van der Waals surface area contributed by atoms with Crippen LogP contribution in [-0.2, 0) is 33.5 Å². The van der Waals surface area contributed by atoms with E-state index in [9.17, 15) is 24.0 Å². The second-order valence-corrected chi connectivity index (χ2v) is 9.89. The van der Waals surface area contributed by atoms with Crippen molar-refractivity contribution in [3.05, 3.63) is 10.4 Å². The number of hydrogen-bond donors (Lipinski definition) is 2. The number of amides is 4. The van der Waals surface area contributed by atoms with Crippen LogP contribution in [0.1, 0.15) is 60.8 Å². The minimum Gasteiger partial charge on any atom is -0.381 e. The third kappa shape index (κ3) is 10.3. The number of imide groups is 1. The van der Waals surface area contributed by atoms with E-state index in [2.05, 4.69) is 20.7 Å². The van der Waals surface area contributed by atoms with Crippen molar-refractivity contribution in [1.29, 1.82) is 0 Å². The number of nitrogens with zero attached hydrogens (tertiary/aromatic N) is 4. The highest BCUT2D eigenvalue weighted by Crippen LogP contribution is 2.21. The van der Waals surface area contributed by atoms with Gasteiger partial charge in [0.15, 0.2) is 0 Å². The molecule has 0 spiro atoms. The first-order chi connectivity index (χ1) is 16.3. The minimum atomic E-state index is -1.15. The molecule has 0 aromatic carbocycles. The second kappa shape index (κ2) is 13.6. The molecule has 13 heteroatoms. The SMILES string of the molecule is CC(CN=[N+]=[N-])COCC(C)(C)CC(=O)NC(C(=O)NC(C)C(=O)ON1C(=O)CCC1=O)C(C)C. The first-order valence-electron chi connectivity index (χ1n) is 11.5. The predicted molar refractivity (Wildman–Crippen MR) is 124 cm³/mol. The Morgan fingerprint density at radius 2 is 1.71 bits per heavy atom. The van der Waals surface area contributed by atoms with E-state index in [1.807, 2.05) is 20.8 Å². The lowest BCUT2D eigenvalue weighted by Gasteiger charge is -2.28. The molecule has 0 aliphatic carbocycles. The molecule has 1 heterocycles. The smallest absolute Gasteiger partial charge is 0.354 e. The monoisotopic (exact) mass is 496 g/mol. The maximum atomic E-state index is 12.8. The third-order valence-electron chi connectivity index (χ3n) is 5.16. The van der Waals surface area contributed by atoms with Crippen LogP contribution in [0.5, 0.6) is 0 Å². The van der Waals surface area contributed by atoms with Crippen LogP contribution in [0.2, 0.25) is 0 Å². The molecule has 1 aliphatic rings. The van der Waals surface area contributed by atoms with E-state index in [1.54, 1.807) is 13.8 Å². The number of carbonyl (C=O) groups is 5. The Balaban J connectivity index is 2.59. The largest absolute Gasteiger partial charge is 0.381 e. The van der Waals surface area contributed by atoms with Gasteiger partial charge in [0.25, 0.3) is 11.8 Å². The molecule has 1 rings (SSSR count). The van der Waals surface area contributed by atoms with E-state index in [4.69, 9.17) is 15.1 Å². The van der Waals surface area contributed by atoms with Crippen LogP contribution in [0, 0.1) is 17.3 Å². The van der Waals surface area contributed by atoms with E-state index >= 15 is 0 Å². The second-order valence-electron chi connectivity index (χ2n) is 9.89. The van der Waals surface area contributed by atoms with Crippen molar-refractivity contribution in [1.82, 2.24) is 15.7 Å².